The zero-order chi connectivity index (χ0) is 16.2. The van der Waals surface area contributed by atoms with Crippen molar-refractivity contribution in [2.45, 2.75) is 32.2 Å². The summed E-state index contributed by atoms with van der Waals surface area (Å²) in [5, 5.41) is 3.67. The number of halogens is 1. The van der Waals surface area contributed by atoms with Crippen LogP contribution in [-0.2, 0) is 11.2 Å². The predicted molar refractivity (Wildman–Crippen MR) is 89.4 cm³/mol. The number of amides is 1. The number of ether oxygens (including phenoxy) is 2. The average Bonchev–Trinajstić information content (AvgIpc) is 2.55. The van der Waals surface area contributed by atoms with Crippen molar-refractivity contribution in [2.75, 3.05) is 32.8 Å². The van der Waals surface area contributed by atoms with Gasteiger partial charge in [0.2, 0.25) is 5.91 Å². The quantitative estimate of drug-likeness (QED) is 0.915. The maximum atomic E-state index is 12.3. The van der Waals surface area contributed by atoms with Gasteiger partial charge in [0.05, 0.1) is 6.42 Å². The normalized spacial score (nSPS) is 21.0. The second-order valence-electron chi connectivity index (χ2n) is 6.06. The molecule has 1 fully saturated rings. The summed E-state index contributed by atoms with van der Waals surface area (Å²) in [6.07, 6.45) is 2.43. The highest BCUT2D eigenvalue weighted by molar-refractivity contribution is 6.31. The standard InChI is InChI=1S/C17H23ClN2O3/c1-2-20-5-3-4-13(11-20)19-17(21)9-12-8-15-16(10-14(12)18)23-7-6-22-15/h8,10,13H,2-7,9,11H2,1H3,(H,19,21)/t13-/m1/s1. The van der Waals surface area contributed by atoms with Crippen molar-refractivity contribution in [3.05, 3.63) is 22.7 Å². The molecule has 1 saturated heterocycles. The number of likely N-dealkylation sites (tertiary alicyclic amines) is 1. The van der Waals surface area contributed by atoms with Crippen molar-refractivity contribution in [1.29, 1.82) is 0 Å². The minimum Gasteiger partial charge on any atom is -0.486 e. The van der Waals surface area contributed by atoms with Crippen LogP contribution in [0.3, 0.4) is 0 Å². The lowest BCUT2D eigenvalue weighted by molar-refractivity contribution is -0.121. The minimum atomic E-state index is 0.00605. The van der Waals surface area contributed by atoms with Crippen LogP contribution in [0, 0.1) is 0 Å². The molecular formula is C17H23ClN2O3. The Morgan fingerprint density at radius 1 is 1.35 bits per heavy atom. The van der Waals surface area contributed by atoms with Gasteiger partial charge >= 0.3 is 0 Å². The van der Waals surface area contributed by atoms with Gasteiger partial charge in [0.25, 0.3) is 0 Å². The number of carbonyl (C=O) groups is 1. The fraction of sp³-hybridized carbons (Fsp3) is 0.588. The maximum Gasteiger partial charge on any atom is 0.224 e. The summed E-state index contributed by atoms with van der Waals surface area (Å²) in [4.78, 5) is 14.7. The summed E-state index contributed by atoms with van der Waals surface area (Å²) < 4.78 is 11.1. The highest BCUT2D eigenvalue weighted by Crippen LogP contribution is 2.35. The van der Waals surface area contributed by atoms with Gasteiger partial charge < -0.3 is 19.7 Å². The van der Waals surface area contributed by atoms with Crippen LogP contribution in [0.4, 0.5) is 0 Å². The Labute approximate surface area is 141 Å². The average molecular weight is 339 g/mol. The van der Waals surface area contributed by atoms with Gasteiger partial charge in [-0.15, -0.1) is 0 Å². The first kappa shape index (κ1) is 16.4. The lowest BCUT2D eigenvalue weighted by atomic mass is 10.0. The smallest absolute Gasteiger partial charge is 0.224 e. The molecule has 1 aromatic carbocycles. The summed E-state index contributed by atoms with van der Waals surface area (Å²) >= 11 is 6.27. The Kier molecular flexibility index (Phi) is 5.28. The number of nitrogens with one attached hydrogen (secondary N) is 1. The van der Waals surface area contributed by atoms with Gasteiger partial charge in [0, 0.05) is 23.7 Å². The third kappa shape index (κ3) is 4.09. The Hall–Kier alpha value is -1.46. The van der Waals surface area contributed by atoms with Gasteiger partial charge in [-0.2, -0.15) is 0 Å². The molecule has 0 radical (unpaired) electrons. The topological polar surface area (TPSA) is 50.8 Å². The van der Waals surface area contributed by atoms with Crippen molar-refractivity contribution in [1.82, 2.24) is 10.2 Å². The summed E-state index contributed by atoms with van der Waals surface area (Å²) in [5.41, 5.74) is 0.775. The number of hydrogen-bond donors (Lipinski definition) is 1. The summed E-state index contributed by atoms with van der Waals surface area (Å²) in [6, 6.07) is 3.78. The first-order valence-corrected chi connectivity index (χ1v) is 8.63. The van der Waals surface area contributed by atoms with Crippen LogP contribution in [0.15, 0.2) is 12.1 Å². The molecule has 0 unspecified atom stereocenters. The van der Waals surface area contributed by atoms with Crippen LogP contribution in [0.25, 0.3) is 0 Å². The molecule has 1 aromatic rings. The molecule has 0 aromatic heterocycles. The molecule has 126 valence electrons. The SMILES string of the molecule is CCN1CCC[C@@H](NC(=O)Cc2cc3c(cc2Cl)OCCO3)C1. The molecule has 23 heavy (non-hydrogen) atoms. The molecule has 1 N–H and O–H groups in total. The third-order valence-corrected chi connectivity index (χ3v) is 4.73. The van der Waals surface area contributed by atoms with Crippen LogP contribution in [0.2, 0.25) is 5.02 Å². The van der Waals surface area contributed by atoms with E-state index in [1.165, 1.54) is 0 Å². The van der Waals surface area contributed by atoms with Gasteiger partial charge in [0.1, 0.15) is 13.2 Å². The molecule has 2 heterocycles. The van der Waals surface area contributed by atoms with Gasteiger partial charge in [-0.1, -0.05) is 18.5 Å². The van der Waals surface area contributed by atoms with Crippen molar-refractivity contribution in [3.63, 3.8) is 0 Å². The molecule has 0 saturated carbocycles. The molecular weight excluding hydrogens is 316 g/mol. The molecule has 1 atom stereocenters. The third-order valence-electron chi connectivity index (χ3n) is 4.38. The van der Waals surface area contributed by atoms with E-state index in [4.69, 9.17) is 21.1 Å². The van der Waals surface area contributed by atoms with E-state index in [1.54, 1.807) is 6.07 Å². The summed E-state index contributed by atoms with van der Waals surface area (Å²) in [6.45, 7) is 6.28. The second-order valence-corrected chi connectivity index (χ2v) is 6.47. The number of nitrogens with zero attached hydrogens (tertiary/aromatic N) is 1. The predicted octanol–water partition coefficient (Wildman–Crippen LogP) is 2.25. The largest absolute Gasteiger partial charge is 0.486 e. The van der Waals surface area contributed by atoms with E-state index < -0.39 is 0 Å². The molecule has 3 rings (SSSR count). The van der Waals surface area contributed by atoms with Crippen LogP contribution in [0.5, 0.6) is 11.5 Å². The maximum absolute atomic E-state index is 12.3. The molecule has 1 amide bonds. The van der Waals surface area contributed by atoms with E-state index in [2.05, 4.69) is 17.1 Å². The minimum absolute atomic E-state index is 0.00605. The Morgan fingerprint density at radius 3 is 2.83 bits per heavy atom. The molecule has 5 nitrogen and oxygen atoms in total. The molecule has 0 aliphatic carbocycles. The van der Waals surface area contributed by atoms with E-state index in [1.807, 2.05) is 6.07 Å². The van der Waals surface area contributed by atoms with Crippen LogP contribution in [0.1, 0.15) is 25.3 Å². The zero-order valence-corrected chi connectivity index (χ0v) is 14.2. The number of piperidine rings is 1. The van der Waals surface area contributed by atoms with E-state index in [-0.39, 0.29) is 18.4 Å². The Balaban J connectivity index is 1.61. The number of benzene rings is 1. The molecule has 0 bridgehead atoms. The number of fused-ring (bicyclic) bond motifs is 1. The fourth-order valence-electron chi connectivity index (χ4n) is 3.15. The van der Waals surface area contributed by atoms with Gasteiger partial charge in [-0.3, -0.25) is 4.79 Å². The number of carbonyl (C=O) groups excluding carboxylic acids is 1. The van der Waals surface area contributed by atoms with Crippen LogP contribution >= 0.6 is 11.6 Å². The number of likely N-dealkylation sites (N-methyl/N-ethyl adjacent to an activating group) is 1. The zero-order valence-electron chi connectivity index (χ0n) is 13.4. The van der Waals surface area contributed by atoms with Crippen LogP contribution < -0.4 is 14.8 Å². The molecule has 0 spiro atoms. The van der Waals surface area contributed by atoms with Gasteiger partial charge in [0.15, 0.2) is 11.5 Å². The van der Waals surface area contributed by atoms with Crippen molar-refractivity contribution in [2.24, 2.45) is 0 Å². The lowest BCUT2D eigenvalue weighted by Gasteiger charge is -2.32. The van der Waals surface area contributed by atoms with E-state index >= 15 is 0 Å². The Morgan fingerprint density at radius 2 is 2.09 bits per heavy atom. The van der Waals surface area contributed by atoms with Gasteiger partial charge in [-0.05, 0) is 37.6 Å². The monoisotopic (exact) mass is 338 g/mol. The highest BCUT2D eigenvalue weighted by Gasteiger charge is 2.21. The van der Waals surface area contributed by atoms with Crippen LogP contribution in [-0.4, -0.2) is 49.7 Å². The lowest BCUT2D eigenvalue weighted by Crippen LogP contribution is -2.47. The highest BCUT2D eigenvalue weighted by atomic mass is 35.5. The van der Waals surface area contributed by atoms with Gasteiger partial charge in [-0.25, -0.2) is 0 Å². The molecule has 6 heteroatoms. The summed E-state index contributed by atoms with van der Waals surface area (Å²) in [5.74, 6) is 1.32. The number of hydrogen-bond acceptors (Lipinski definition) is 4. The fourth-order valence-corrected chi connectivity index (χ4v) is 3.37. The van der Waals surface area contributed by atoms with Crippen molar-refractivity contribution >= 4 is 17.5 Å². The van der Waals surface area contributed by atoms with E-state index in [0.717, 1.165) is 38.0 Å². The number of rotatable bonds is 4. The van der Waals surface area contributed by atoms with Crippen molar-refractivity contribution < 1.29 is 14.3 Å². The van der Waals surface area contributed by atoms with E-state index in [9.17, 15) is 4.79 Å². The molecule has 2 aliphatic heterocycles. The first-order valence-electron chi connectivity index (χ1n) is 8.25. The molecule has 2 aliphatic rings. The second kappa shape index (κ2) is 7.41. The Bertz CT molecular complexity index is 579. The van der Waals surface area contributed by atoms with Crippen molar-refractivity contribution in [3.8, 4) is 11.5 Å². The first-order chi connectivity index (χ1) is 11.2. The summed E-state index contributed by atoms with van der Waals surface area (Å²) in [7, 11) is 0. The van der Waals surface area contributed by atoms with E-state index in [0.29, 0.717) is 29.7 Å².